The first-order valence-corrected chi connectivity index (χ1v) is 7.13. The van der Waals surface area contributed by atoms with Gasteiger partial charge < -0.3 is 5.32 Å². The molecule has 0 radical (unpaired) electrons. The van der Waals surface area contributed by atoms with Gasteiger partial charge in [-0.3, -0.25) is 4.79 Å². The van der Waals surface area contributed by atoms with Crippen LogP contribution in [-0.2, 0) is 4.79 Å². The maximum absolute atomic E-state index is 13.4. The monoisotopic (exact) mass is 313 g/mol. The van der Waals surface area contributed by atoms with Gasteiger partial charge in [0.1, 0.15) is 5.82 Å². The Kier molecular flexibility index (Phi) is 4.05. The number of carbonyl (C=O) groups is 1. The van der Waals surface area contributed by atoms with Crippen molar-refractivity contribution in [1.29, 1.82) is 0 Å². The maximum atomic E-state index is 13.4. The largest absolute Gasteiger partial charge is 0.326 e. The van der Waals surface area contributed by atoms with E-state index in [2.05, 4.69) is 21.2 Å². The van der Waals surface area contributed by atoms with Gasteiger partial charge >= 0.3 is 0 Å². The third-order valence-electron chi connectivity index (χ3n) is 3.90. The first-order chi connectivity index (χ1) is 8.57. The Bertz CT molecular complexity index is 455. The molecule has 0 aliphatic heterocycles. The highest BCUT2D eigenvalue weighted by molar-refractivity contribution is 9.10. The summed E-state index contributed by atoms with van der Waals surface area (Å²) in [6.07, 6.45) is 4.94. The summed E-state index contributed by atoms with van der Waals surface area (Å²) in [5.41, 5.74) is 0.282. The fraction of sp³-hybridized carbons (Fsp3) is 0.500. The third kappa shape index (κ3) is 2.58. The summed E-state index contributed by atoms with van der Waals surface area (Å²) in [6, 6.07) is 4.67. The highest BCUT2D eigenvalue weighted by Crippen LogP contribution is 2.41. The predicted octanol–water partition coefficient (Wildman–Crippen LogP) is 4.50. The van der Waals surface area contributed by atoms with Gasteiger partial charge in [-0.15, -0.1) is 0 Å². The molecule has 1 fully saturated rings. The number of amides is 1. The van der Waals surface area contributed by atoms with Crippen molar-refractivity contribution in [2.24, 2.45) is 5.41 Å². The maximum Gasteiger partial charge on any atom is 0.230 e. The molecule has 1 aromatic carbocycles. The molecule has 98 valence electrons. The third-order valence-corrected chi connectivity index (χ3v) is 4.54. The van der Waals surface area contributed by atoms with Crippen molar-refractivity contribution in [2.45, 2.75) is 39.0 Å². The molecular weight excluding hydrogens is 297 g/mol. The minimum absolute atomic E-state index is 0.0317. The highest BCUT2D eigenvalue weighted by atomic mass is 79.9. The summed E-state index contributed by atoms with van der Waals surface area (Å²) in [7, 11) is 0. The van der Waals surface area contributed by atoms with Crippen LogP contribution in [0.3, 0.4) is 0 Å². The molecule has 4 heteroatoms. The van der Waals surface area contributed by atoms with Crippen LogP contribution >= 0.6 is 15.9 Å². The van der Waals surface area contributed by atoms with E-state index >= 15 is 0 Å². The SMILES string of the molecule is CCC1(C(=O)Nc2ccc(Br)c(F)c2)CCCC1. The highest BCUT2D eigenvalue weighted by Gasteiger charge is 2.39. The van der Waals surface area contributed by atoms with Crippen LogP contribution < -0.4 is 5.32 Å². The van der Waals surface area contributed by atoms with Crippen LogP contribution in [0, 0.1) is 11.2 Å². The molecule has 18 heavy (non-hydrogen) atoms. The lowest BCUT2D eigenvalue weighted by Gasteiger charge is -2.26. The van der Waals surface area contributed by atoms with E-state index in [4.69, 9.17) is 0 Å². The molecule has 1 amide bonds. The molecule has 0 atom stereocenters. The van der Waals surface area contributed by atoms with Gasteiger partial charge in [-0.05, 0) is 53.4 Å². The van der Waals surface area contributed by atoms with Gasteiger partial charge in [-0.1, -0.05) is 19.8 Å². The zero-order valence-corrected chi connectivity index (χ0v) is 12.0. The molecular formula is C14H17BrFNO. The van der Waals surface area contributed by atoms with E-state index in [9.17, 15) is 9.18 Å². The Hall–Kier alpha value is -0.900. The Labute approximate surface area is 115 Å². The lowest BCUT2D eigenvalue weighted by molar-refractivity contribution is -0.125. The fourth-order valence-electron chi connectivity index (χ4n) is 2.63. The number of anilines is 1. The number of hydrogen-bond donors (Lipinski definition) is 1. The van der Waals surface area contributed by atoms with E-state index in [0.717, 1.165) is 32.1 Å². The summed E-state index contributed by atoms with van der Waals surface area (Å²) in [5, 5.41) is 2.84. The van der Waals surface area contributed by atoms with Crippen LogP contribution in [0.25, 0.3) is 0 Å². The van der Waals surface area contributed by atoms with Crippen molar-refractivity contribution in [3.8, 4) is 0 Å². The van der Waals surface area contributed by atoms with Crippen molar-refractivity contribution in [3.05, 3.63) is 28.5 Å². The first kappa shape index (κ1) is 13.5. The Morgan fingerprint density at radius 1 is 1.44 bits per heavy atom. The smallest absolute Gasteiger partial charge is 0.230 e. The van der Waals surface area contributed by atoms with Gasteiger partial charge in [0.15, 0.2) is 0 Å². The molecule has 1 saturated carbocycles. The molecule has 2 nitrogen and oxygen atoms in total. The number of carbonyl (C=O) groups excluding carboxylic acids is 1. The molecule has 0 heterocycles. The number of benzene rings is 1. The summed E-state index contributed by atoms with van der Waals surface area (Å²) in [5.74, 6) is -0.325. The van der Waals surface area contributed by atoms with Crippen LogP contribution in [0.2, 0.25) is 0 Å². The number of halogens is 2. The zero-order valence-electron chi connectivity index (χ0n) is 10.4. The van der Waals surface area contributed by atoms with E-state index in [1.807, 2.05) is 6.92 Å². The van der Waals surface area contributed by atoms with Gasteiger partial charge in [0.05, 0.1) is 4.47 Å². The van der Waals surface area contributed by atoms with Gasteiger partial charge in [0.25, 0.3) is 0 Å². The first-order valence-electron chi connectivity index (χ1n) is 6.34. The number of rotatable bonds is 3. The molecule has 2 rings (SSSR count). The summed E-state index contributed by atoms with van der Waals surface area (Å²) < 4.78 is 13.8. The van der Waals surface area contributed by atoms with Crippen molar-refractivity contribution in [3.63, 3.8) is 0 Å². The average molecular weight is 314 g/mol. The lowest BCUT2D eigenvalue weighted by atomic mass is 9.82. The van der Waals surface area contributed by atoms with E-state index in [0.29, 0.717) is 10.2 Å². The van der Waals surface area contributed by atoms with Crippen LogP contribution in [0.1, 0.15) is 39.0 Å². The van der Waals surface area contributed by atoms with E-state index in [-0.39, 0.29) is 17.1 Å². The predicted molar refractivity (Wildman–Crippen MR) is 73.9 cm³/mol. The van der Waals surface area contributed by atoms with Gasteiger partial charge in [-0.2, -0.15) is 0 Å². The normalized spacial score (nSPS) is 17.7. The summed E-state index contributed by atoms with van der Waals surface area (Å²) in [4.78, 5) is 12.3. The minimum atomic E-state index is -0.357. The molecule has 1 aromatic rings. The van der Waals surface area contributed by atoms with Crippen molar-refractivity contribution >= 4 is 27.5 Å². The lowest BCUT2D eigenvalue weighted by Crippen LogP contribution is -2.33. The van der Waals surface area contributed by atoms with E-state index < -0.39 is 0 Å². The topological polar surface area (TPSA) is 29.1 Å². The second-order valence-corrected chi connectivity index (χ2v) is 5.78. The average Bonchev–Trinajstić information content (AvgIpc) is 2.84. The van der Waals surface area contributed by atoms with Crippen molar-refractivity contribution in [2.75, 3.05) is 5.32 Å². The molecule has 0 spiro atoms. The Morgan fingerprint density at radius 2 is 2.11 bits per heavy atom. The molecule has 1 N–H and O–H groups in total. The van der Waals surface area contributed by atoms with Crippen LogP contribution in [0.15, 0.2) is 22.7 Å². The van der Waals surface area contributed by atoms with Crippen LogP contribution in [-0.4, -0.2) is 5.91 Å². The van der Waals surface area contributed by atoms with Crippen LogP contribution in [0.5, 0.6) is 0 Å². The molecule has 0 unspecified atom stereocenters. The zero-order chi connectivity index (χ0) is 13.2. The van der Waals surface area contributed by atoms with Crippen molar-refractivity contribution in [1.82, 2.24) is 0 Å². The molecule has 1 aliphatic carbocycles. The quantitative estimate of drug-likeness (QED) is 0.874. The van der Waals surface area contributed by atoms with Crippen LogP contribution in [0.4, 0.5) is 10.1 Å². The van der Waals surface area contributed by atoms with E-state index in [1.165, 1.54) is 6.07 Å². The van der Waals surface area contributed by atoms with Gasteiger partial charge in [0.2, 0.25) is 5.91 Å². The van der Waals surface area contributed by atoms with E-state index in [1.54, 1.807) is 12.1 Å². The Morgan fingerprint density at radius 3 is 2.67 bits per heavy atom. The second-order valence-electron chi connectivity index (χ2n) is 4.92. The number of nitrogens with one attached hydrogen (secondary N) is 1. The molecule has 1 aliphatic rings. The Balaban J connectivity index is 2.13. The molecule has 0 bridgehead atoms. The standard InChI is InChI=1S/C14H17BrFNO/c1-2-14(7-3-4-8-14)13(18)17-10-5-6-11(15)12(16)9-10/h5-6,9H,2-4,7-8H2,1H3,(H,17,18). The number of hydrogen-bond acceptors (Lipinski definition) is 1. The van der Waals surface area contributed by atoms with Gasteiger partial charge in [0, 0.05) is 11.1 Å². The van der Waals surface area contributed by atoms with Crippen molar-refractivity contribution < 1.29 is 9.18 Å². The molecule has 0 aromatic heterocycles. The second kappa shape index (κ2) is 5.39. The fourth-order valence-corrected chi connectivity index (χ4v) is 2.88. The van der Waals surface area contributed by atoms with Gasteiger partial charge in [-0.25, -0.2) is 4.39 Å². The summed E-state index contributed by atoms with van der Waals surface area (Å²) in [6.45, 7) is 2.05. The summed E-state index contributed by atoms with van der Waals surface area (Å²) >= 11 is 3.10. The molecule has 0 saturated heterocycles. The minimum Gasteiger partial charge on any atom is -0.326 e.